The molecule has 2 atom stereocenters. The highest BCUT2D eigenvalue weighted by Crippen LogP contribution is 2.42. The Balaban J connectivity index is 1.75. The molecule has 0 spiro atoms. The first-order valence-corrected chi connectivity index (χ1v) is 10.2. The zero-order chi connectivity index (χ0) is 17.6. The van der Waals surface area contributed by atoms with Gasteiger partial charge in [0.15, 0.2) is 0 Å². The molecule has 3 rings (SSSR count). The molecule has 1 nitrogen and oxygen atoms in total. The smallest absolute Gasteiger partial charge is 0.0595 e. The standard InChI is InChI=1S/C22H27Cl2N/c1-2-3-4-7-14-25-22-13-11-17(18-8-5-6-9-19(18)22)16-10-12-20(23)21(24)15-16/h5-6,8-10,12,15,17,22,25H,2-4,7,11,13-14H2,1H3/t17-,22+/m0/s1. The maximum absolute atomic E-state index is 6.25. The van der Waals surface area contributed by atoms with E-state index in [-0.39, 0.29) is 0 Å². The van der Waals surface area contributed by atoms with Gasteiger partial charge in [0.25, 0.3) is 0 Å². The van der Waals surface area contributed by atoms with Crippen molar-refractivity contribution in [2.24, 2.45) is 0 Å². The van der Waals surface area contributed by atoms with Crippen LogP contribution in [0.25, 0.3) is 0 Å². The molecular formula is C22H27Cl2N. The Morgan fingerprint density at radius 2 is 1.72 bits per heavy atom. The summed E-state index contributed by atoms with van der Waals surface area (Å²) in [6.07, 6.45) is 7.52. The van der Waals surface area contributed by atoms with Gasteiger partial charge in [-0.25, -0.2) is 0 Å². The van der Waals surface area contributed by atoms with Crippen molar-refractivity contribution < 1.29 is 0 Å². The molecule has 1 N–H and O–H groups in total. The monoisotopic (exact) mass is 375 g/mol. The molecule has 3 heteroatoms. The number of benzene rings is 2. The van der Waals surface area contributed by atoms with Gasteiger partial charge in [0.1, 0.15) is 0 Å². The van der Waals surface area contributed by atoms with Crippen LogP contribution in [0, 0.1) is 0 Å². The summed E-state index contributed by atoms with van der Waals surface area (Å²) in [6, 6.07) is 15.4. The molecule has 0 unspecified atom stereocenters. The normalized spacial score (nSPS) is 19.6. The lowest BCUT2D eigenvalue weighted by Gasteiger charge is -2.32. The summed E-state index contributed by atoms with van der Waals surface area (Å²) in [5, 5.41) is 5.05. The molecule has 0 saturated heterocycles. The average Bonchev–Trinajstić information content (AvgIpc) is 2.64. The number of hydrogen-bond acceptors (Lipinski definition) is 1. The van der Waals surface area contributed by atoms with E-state index in [1.165, 1.54) is 42.4 Å². The van der Waals surface area contributed by atoms with Crippen LogP contribution < -0.4 is 5.32 Å². The second-order valence-electron chi connectivity index (χ2n) is 7.00. The van der Waals surface area contributed by atoms with Crippen LogP contribution in [0.3, 0.4) is 0 Å². The number of hydrogen-bond donors (Lipinski definition) is 1. The van der Waals surface area contributed by atoms with E-state index in [0.29, 0.717) is 22.0 Å². The summed E-state index contributed by atoms with van der Waals surface area (Å²) in [7, 11) is 0. The minimum absolute atomic E-state index is 0.407. The highest BCUT2D eigenvalue weighted by Gasteiger charge is 2.27. The predicted octanol–water partition coefficient (Wildman–Crippen LogP) is 7.13. The summed E-state index contributed by atoms with van der Waals surface area (Å²) < 4.78 is 0. The zero-order valence-corrected chi connectivity index (χ0v) is 16.4. The lowest BCUT2D eigenvalue weighted by atomic mass is 9.77. The van der Waals surface area contributed by atoms with E-state index in [4.69, 9.17) is 23.2 Å². The van der Waals surface area contributed by atoms with Crippen LogP contribution in [0.15, 0.2) is 42.5 Å². The maximum Gasteiger partial charge on any atom is 0.0595 e. The number of unbranched alkanes of at least 4 members (excludes halogenated alkanes) is 3. The van der Waals surface area contributed by atoms with Crippen LogP contribution in [0.5, 0.6) is 0 Å². The quantitative estimate of drug-likeness (QED) is 0.507. The Morgan fingerprint density at radius 3 is 2.48 bits per heavy atom. The number of fused-ring (bicyclic) bond motifs is 1. The first kappa shape index (κ1) is 18.8. The molecule has 0 heterocycles. The van der Waals surface area contributed by atoms with Gasteiger partial charge in [-0.15, -0.1) is 0 Å². The summed E-state index contributed by atoms with van der Waals surface area (Å²) in [6.45, 7) is 3.37. The van der Waals surface area contributed by atoms with Gasteiger partial charge in [-0.3, -0.25) is 0 Å². The molecule has 0 aromatic heterocycles. The number of nitrogens with one attached hydrogen (secondary N) is 1. The molecule has 0 aliphatic heterocycles. The highest BCUT2D eigenvalue weighted by molar-refractivity contribution is 6.42. The summed E-state index contributed by atoms with van der Waals surface area (Å²) >= 11 is 12.3. The van der Waals surface area contributed by atoms with E-state index in [9.17, 15) is 0 Å². The largest absolute Gasteiger partial charge is 0.310 e. The SMILES string of the molecule is CCCCCCN[C@@H]1CC[C@@H](c2ccc(Cl)c(Cl)c2)c2ccccc21. The molecule has 1 aliphatic rings. The first-order valence-electron chi connectivity index (χ1n) is 9.48. The maximum atomic E-state index is 6.25. The molecule has 0 radical (unpaired) electrons. The van der Waals surface area contributed by atoms with Crippen LogP contribution in [-0.2, 0) is 0 Å². The molecule has 0 saturated carbocycles. The van der Waals surface area contributed by atoms with Gasteiger partial charge in [0, 0.05) is 12.0 Å². The van der Waals surface area contributed by atoms with Crippen molar-refractivity contribution in [3.8, 4) is 0 Å². The van der Waals surface area contributed by atoms with E-state index >= 15 is 0 Å². The number of rotatable bonds is 7. The van der Waals surface area contributed by atoms with Gasteiger partial charge in [-0.2, -0.15) is 0 Å². The van der Waals surface area contributed by atoms with Crippen LogP contribution in [-0.4, -0.2) is 6.54 Å². The van der Waals surface area contributed by atoms with E-state index in [2.05, 4.69) is 42.6 Å². The number of halogens is 2. The Morgan fingerprint density at radius 1 is 0.920 bits per heavy atom. The van der Waals surface area contributed by atoms with Crippen LogP contribution >= 0.6 is 23.2 Å². The Labute approximate surface area is 161 Å². The predicted molar refractivity (Wildman–Crippen MR) is 109 cm³/mol. The molecule has 2 aromatic rings. The minimum Gasteiger partial charge on any atom is -0.310 e. The lowest BCUT2D eigenvalue weighted by Crippen LogP contribution is -2.27. The molecular weight excluding hydrogens is 349 g/mol. The molecule has 0 bridgehead atoms. The third-order valence-corrected chi connectivity index (χ3v) is 6.00. The van der Waals surface area contributed by atoms with Crippen molar-refractivity contribution in [3.05, 3.63) is 69.2 Å². The molecule has 0 fully saturated rings. The Hall–Kier alpha value is -1.02. The first-order chi connectivity index (χ1) is 12.2. The van der Waals surface area contributed by atoms with Gasteiger partial charge in [-0.05, 0) is 54.6 Å². The Bertz CT molecular complexity index is 698. The second kappa shape index (κ2) is 9.07. The second-order valence-corrected chi connectivity index (χ2v) is 7.81. The van der Waals surface area contributed by atoms with Crippen LogP contribution in [0.1, 0.15) is 74.1 Å². The van der Waals surface area contributed by atoms with Gasteiger partial charge < -0.3 is 5.32 Å². The summed E-state index contributed by atoms with van der Waals surface area (Å²) in [4.78, 5) is 0. The lowest BCUT2D eigenvalue weighted by molar-refractivity contribution is 0.433. The van der Waals surface area contributed by atoms with Gasteiger partial charge in [-0.1, -0.05) is 79.7 Å². The fourth-order valence-corrected chi connectivity index (χ4v) is 4.21. The Kier molecular flexibility index (Phi) is 6.81. The van der Waals surface area contributed by atoms with Crippen molar-refractivity contribution in [3.63, 3.8) is 0 Å². The average molecular weight is 376 g/mol. The molecule has 25 heavy (non-hydrogen) atoms. The van der Waals surface area contributed by atoms with Crippen LogP contribution in [0.4, 0.5) is 0 Å². The third kappa shape index (κ3) is 4.58. The summed E-state index contributed by atoms with van der Waals surface area (Å²) in [5.41, 5.74) is 4.14. The topological polar surface area (TPSA) is 12.0 Å². The van der Waals surface area contributed by atoms with Gasteiger partial charge >= 0.3 is 0 Å². The summed E-state index contributed by atoms with van der Waals surface area (Å²) in [5.74, 6) is 0.407. The van der Waals surface area contributed by atoms with Crippen molar-refractivity contribution in [2.45, 2.75) is 57.4 Å². The zero-order valence-electron chi connectivity index (χ0n) is 14.9. The van der Waals surface area contributed by atoms with E-state index in [0.717, 1.165) is 19.4 Å². The fraction of sp³-hybridized carbons (Fsp3) is 0.455. The van der Waals surface area contributed by atoms with E-state index in [1.54, 1.807) is 0 Å². The molecule has 0 amide bonds. The van der Waals surface area contributed by atoms with Gasteiger partial charge in [0.05, 0.1) is 10.0 Å². The minimum atomic E-state index is 0.407. The van der Waals surface area contributed by atoms with E-state index in [1.807, 2.05) is 12.1 Å². The van der Waals surface area contributed by atoms with Crippen molar-refractivity contribution >= 4 is 23.2 Å². The van der Waals surface area contributed by atoms with Crippen molar-refractivity contribution in [1.29, 1.82) is 0 Å². The van der Waals surface area contributed by atoms with Crippen molar-refractivity contribution in [2.75, 3.05) is 6.54 Å². The molecule has 2 aromatic carbocycles. The third-order valence-electron chi connectivity index (χ3n) is 5.26. The molecule has 134 valence electrons. The van der Waals surface area contributed by atoms with Crippen molar-refractivity contribution in [1.82, 2.24) is 5.32 Å². The van der Waals surface area contributed by atoms with Crippen LogP contribution in [0.2, 0.25) is 10.0 Å². The highest BCUT2D eigenvalue weighted by atomic mass is 35.5. The molecule has 1 aliphatic carbocycles. The van der Waals surface area contributed by atoms with E-state index < -0.39 is 0 Å². The van der Waals surface area contributed by atoms with Gasteiger partial charge in [0.2, 0.25) is 0 Å². The fourth-order valence-electron chi connectivity index (χ4n) is 3.91.